The molecule has 0 saturated carbocycles. The van der Waals surface area contributed by atoms with Crippen molar-refractivity contribution in [3.63, 3.8) is 0 Å². The summed E-state index contributed by atoms with van der Waals surface area (Å²) in [5, 5.41) is 18.4. The van der Waals surface area contributed by atoms with Crippen LogP contribution in [0.25, 0.3) is 0 Å². The number of piperidine rings is 1. The Labute approximate surface area is 114 Å². The summed E-state index contributed by atoms with van der Waals surface area (Å²) in [5.74, 6) is 0. The van der Waals surface area contributed by atoms with Gasteiger partial charge in [0.15, 0.2) is 0 Å². The summed E-state index contributed by atoms with van der Waals surface area (Å²) >= 11 is 0. The normalized spacial score (nSPS) is 34.6. The van der Waals surface area contributed by atoms with Crippen LogP contribution in [0.15, 0.2) is 0 Å². The molecule has 0 aromatic rings. The standard InChI is InChI=1S/C14H25NO4/c1-13(2,3)14-5-4-10(15(14)12(17)18)8-11(9-14)19-7-6-16/h10-11,16H,4-9H2,1-3H3,(H,17,18)/t10-,11?,14+/m0/s1. The number of hydrogen-bond acceptors (Lipinski definition) is 3. The third-order valence-electron chi connectivity index (χ3n) is 4.86. The third kappa shape index (κ3) is 2.34. The van der Waals surface area contributed by atoms with Gasteiger partial charge in [0.25, 0.3) is 0 Å². The van der Waals surface area contributed by atoms with Crippen LogP contribution in [0.4, 0.5) is 4.79 Å². The molecule has 2 rings (SSSR count). The lowest BCUT2D eigenvalue weighted by atomic mass is 9.68. The van der Waals surface area contributed by atoms with E-state index >= 15 is 0 Å². The van der Waals surface area contributed by atoms with E-state index in [4.69, 9.17) is 9.84 Å². The molecule has 19 heavy (non-hydrogen) atoms. The summed E-state index contributed by atoms with van der Waals surface area (Å²) < 4.78 is 5.69. The van der Waals surface area contributed by atoms with Crippen molar-refractivity contribution in [2.45, 2.75) is 64.1 Å². The Morgan fingerprint density at radius 2 is 2.16 bits per heavy atom. The number of amides is 1. The Morgan fingerprint density at radius 3 is 2.68 bits per heavy atom. The largest absolute Gasteiger partial charge is 0.465 e. The smallest absolute Gasteiger partial charge is 0.408 e. The second-order valence-electron chi connectivity index (χ2n) is 6.78. The Kier molecular flexibility index (Phi) is 3.80. The summed E-state index contributed by atoms with van der Waals surface area (Å²) in [6, 6.07) is 0.0640. The Balaban J connectivity index is 2.26. The molecule has 0 aromatic heterocycles. The quantitative estimate of drug-likeness (QED) is 0.824. The van der Waals surface area contributed by atoms with E-state index in [1.165, 1.54) is 0 Å². The summed E-state index contributed by atoms with van der Waals surface area (Å²) in [6.07, 6.45) is 2.57. The van der Waals surface area contributed by atoms with Crippen molar-refractivity contribution in [2.24, 2.45) is 5.41 Å². The number of carbonyl (C=O) groups is 1. The van der Waals surface area contributed by atoms with Gasteiger partial charge in [0.1, 0.15) is 0 Å². The lowest BCUT2D eigenvalue weighted by molar-refractivity contribution is -0.0870. The summed E-state index contributed by atoms with van der Waals surface area (Å²) in [7, 11) is 0. The first-order chi connectivity index (χ1) is 8.82. The molecule has 1 unspecified atom stereocenters. The van der Waals surface area contributed by atoms with Gasteiger partial charge >= 0.3 is 6.09 Å². The highest BCUT2D eigenvalue weighted by Crippen LogP contribution is 2.53. The van der Waals surface area contributed by atoms with Gasteiger partial charge in [-0.15, -0.1) is 0 Å². The zero-order chi connectivity index (χ0) is 14.3. The molecule has 2 saturated heterocycles. The van der Waals surface area contributed by atoms with Crippen molar-refractivity contribution in [3.05, 3.63) is 0 Å². The fourth-order valence-electron chi connectivity index (χ4n) is 3.92. The van der Waals surface area contributed by atoms with E-state index in [1.807, 2.05) is 0 Å². The molecule has 2 bridgehead atoms. The van der Waals surface area contributed by atoms with Crippen molar-refractivity contribution in [1.29, 1.82) is 0 Å². The lowest BCUT2D eigenvalue weighted by Gasteiger charge is -2.53. The monoisotopic (exact) mass is 271 g/mol. The predicted octanol–water partition coefficient (Wildman–Crippen LogP) is 2.08. The van der Waals surface area contributed by atoms with E-state index < -0.39 is 6.09 Å². The van der Waals surface area contributed by atoms with Crippen LogP contribution in [-0.2, 0) is 4.74 Å². The molecule has 2 aliphatic rings. The number of carboxylic acid groups (broad SMARTS) is 1. The van der Waals surface area contributed by atoms with Crippen molar-refractivity contribution in [2.75, 3.05) is 13.2 Å². The van der Waals surface area contributed by atoms with Gasteiger partial charge in [0.05, 0.1) is 24.9 Å². The van der Waals surface area contributed by atoms with E-state index in [1.54, 1.807) is 4.90 Å². The Bertz CT molecular complexity index is 352. The first-order valence-corrected chi connectivity index (χ1v) is 7.06. The maximum atomic E-state index is 11.6. The Morgan fingerprint density at radius 1 is 1.47 bits per heavy atom. The van der Waals surface area contributed by atoms with Gasteiger partial charge in [-0.3, -0.25) is 4.90 Å². The molecule has 110 valence electrons. The highest BCUT2D eigenvalue weighted by atomic mass is 16.5. The summed E-state index contributed by atoms with van der Waals surface area (Å²) in [5.41, 5.74) is -0.441. The van der Waals surface area contributed by atoms with Crippen LogP contribution < -0.4 is 0 Å². The SMILES string of the molecule is CC(C)(C)[C@@]12CC[C@@H](CC(OCCO)C1)N2C(=O)O. The highest BCUT2D eigenvalue weighted by molar-refractivity contribution is 5.68. The maximum absolute atomic E-state index is 11.6. The molecule has 2 aliphatic heterocycles. The highest BCUT2D eigenvalue weighted by Gasteiger charge is 2.59. The molecule has 1 amide bonds. The second kappa shape index (κ2) is 4.94. The molecule has 2 N–H and O–H groups in total. The summed E-state index contributed by atoms with van der Waals surface area (Å²) in [6.45, 7) is 6.69. The molecule has 0 aromatic carbocycles. The van der Waals surface area contributed by atoms with Gasteiger partial charge in [-0.2, -0.15) is 0 Å². The van der Waals surface area contributed by atoms with Crippen LogP contribution in [-0.4, -0.2) is 52.1 Å². The number of ether oxygens (including phenoxy) is 1. The van der Waals surface area contributed by atoms with Gasteiger partial charge in [-0.1, -0.05) is 20.8 Å². The van der Waals surface area contributed by atoms with Crippen LogP contribution in [0, 0.1) is 5.41 Å². The Hall–Kier alpha value is -0.810. The molecule has 2 fully saturated rings. The van der Waals surface area contributed by atoms with Crippen LogP contribution in [0.3, 0.4) is 0 Å². The number of hydrogen-bond donors (Lipinski definition) is 2. The van der Waals surface area contributed by atoms with Gasteiger partial charge in [0, 0.05) is 6.04 Å². The predicted molar refractivity (Wildman–Crippen MR) is 71.1 cm³/mol. The van der Waals surface area contributed by atoms with E-state index in [2.05, 4.69) is 20.8 Å². The fraction of sp³-hybridized carbons (Fsp3) is 0.929. The zero-order valence-corrected chi connectivity index (χ0v) is 12.1. The van der Waals surface area contributed by atoms with Gasteiger partial charge in [-0.25, -0.2) is 4.79 Å². The number of rotatable bonds is 3. The van der Waals surface area contributed by atoms with Crippen molar-refractivity contribution < 1.29 is 19.7 Å². The van der Waals surface area contributed by atoms with Crippen molar-refractivity contribution in [3.8, 4) is 0 Å². The minimum absolute atomic E-state index is 0.0202. The van der Waals surface area contributed by atoms with Crippen molar-refractivity contribution >= 4 is 6.09 Å². The van der Waals surface area contributed by atoms with Crippen LogP contribution >= 0.6 is 0 Å². The molecule has 2 heterocycles. The van der Waals surface area contributed by atoms with Gasteiger partial charge < -0.3 is 14.9 Å². The van der Waals surface area contributed by atoms with Gasteiger partial charge in [-0.05, 0) is 31.1 Å². The van der Waals surface area contributed by atoms with E-state index in [9.17, 15) is 9.90 Å². The van der Waals surface area contributed by atoms with Crippen LogP contribution in [0.1, 0.15) is 46.5 Å². The first-order valence-electron chi connectivity index (χ1n) is 7.06. The third-order valence-corrected chi connectivity index (χ3v) is 4.86. The topological polar surface area (TPSA) is 70.0 Å². The molecule has 0 spiro atoms. The average molecular weight is 271 g/mol. The second-order valence-corrected chi connectivity index (χ2v) is 6.78. The lowest BCUT2D eigenvalue weighted by Crippen LogP contribution is -2.62. The molecule has 3 atom stereocenters. The maximum Gasteiger partial charge on any atom is 0.408 e. The molecule has 0 aliphatic carbocycles. The number of fused-ring (bicyclic) bond motifs is 2. The molecule has 0 radical (unpaired) electrons. The summed E-state index contributed by atoms with van der Waals surface area (Å²) in [4.78, 5) is 13.3. The van der Waals surface area contributed by atoms with Crippen LogP contribution in [0.2, 0.25) is 0 Å². The minimum atomic E-state index is -0.807. The molecule has 5 heteroatoms. The molecular weight excluding hydrogens is 246 g/mol. The number of aliphatic hydroxyl groups is 1. The van der Waals surface area contributed by atoms with E-state index in [-0.39, 0.29) is 29.7 Å². The average Bonchev–Trinajstić information content (AvgIpc) is 2.56. The van der Waals surface area contributed by atoms with Crippen molar-refractivity contribution in [1.82, 2.24) is 4.90 Å². The van der Waals surface area contributed by atoms with Gasteiger partial charge in [0.2, 0.25) is 0 Å². The molecule has 5 nitrogen and oxygen atoms in total. The first kappa shape index (κ1) is 14.6. The fourth-order valence-corrected chi connectivity index (χ4v) is 3.92. The number of nitrogens with zero attached hydrogens (tertiary/aromatic N) is 1. The molecular formula is C14H25NO4. The zero-order valence-electron chi connectivity index (χ0n) is 12.1. The minimum Gasteiger partial charge on any atom is -0.465 e. The van der Waals surface area contributed by atoms with E-state index in [0.29, 0.717) is 6.61 Å². The van der Waals surface area contributed by atoms with E-state index in [0.717, 1.165) is 25.7 Å². The number of aliphatic hydroxyl groups excluding tert-OH is 1. The van der Waals surface area contributed by atoms with Crippen LogP contribution in [0.5, 0.6) is 0 Å².